The molecule has 0 N–H and O–H groups in total. The maximum Gasteiger partial charge on any atom is 0.274 e. The quantitative estimate of drug-likeness (QED) is 0.806. The maximum atomic E-state index is 13.2. The van der Waals surface area contributed by atoms with Crippen LogP contribution >= 0.6 is 0 Å². The Labute approximate surface area is 166 Å². The van der Waals surface area contributed by atoms with E-state index in [4.69, 9.17) is 4.98 Å². The number of nitrogens with zero attached hydrogens (tertiary/aromatic N) is 5. The van der Waals surface area contributed by atoms with Gasteiger partial charge in [-0.3, -0.25) is 9.59 Å². The van der Waals surface area contributed by atoms with Gasteiger partial charge in [-0.05, 0) is 26.2 Å². The Morgan fingerprint density at radius 1 is 1.07 bits per heavy atom. The third-order valence-electron chi connectivity index (χ3n) is 5.11. The molecule has 1 saturated heterocycles. The largest absolute Gasteiger partial charge is 0.339 e. The second kappa shape index (κ2) is 7.91. The molecule has 152 valence electrons. The topological polar surface area (TPSA) is 61.2 Å². The first-order valence-corrected chi connectivity index (χ1v) is 9.88. The standard InChI is InChI=1S/C21H31N5O2/c1-21(2,3)20-22-18(16-8-6-7-10-26(16)20)19(28)25-14-12-24(13-15-25)17(27)9-11-23(4)5/h6-8,10H,9,11-15H2,1-5H3. The fourth-order valence-electron chi connectivity index (χ4n) is 3.51. The summed E-state index contributed by atoms with van der Waals surface area (Å²) >= 11 is 0. The fraction of sp³-hybridized carbons (Fsp3) is 0.571. The van der Waals surface area contributed by atoms with Crippen molar-refractivity contribution >= 4 is 17.3 Å². The van der Waals surface area contributed by atoms with Gasteiger partial charge in [0.05, 0.1) is 5.52 Å². The van der Waals surface area contributed by atoms with Crippen LogP contribution in [-0.4, -0.2) is 82.7 Å². The van der Waals surface area contributed by atoms with Gasteiger partial charge >= 0.3 is 0 Å². The molecule has 0 saturated carbocycles. The summed E-state index contributed by atoms with van der Waals surface area (Å²) < 4.78 is 2.01. The van der Waals surface area contributed by atoms with Crippen LogP contribution in [0.5, 0.6) is 0 Å². The number of amides is 2. The normalized spacial score (nSPS) is 15.5. The van der Waals surface area contributed by atoms with Crippen molar-refractivity contribution in [3.8, 4) is 0 Å². The fourth-order valence-corrected chi connectivity index (χ4v) is 3.51. The summed E-state index contributed by atoms with van der Waals surface area (Å²) in [5.74, 6) is 0.979. The molecule has 3 heterocycles. The molecule has 0 aromatic carbocycles. The Morgan fingerprint density at radius 2 is 1.71 bits per heavy atom. The minimum atomic E-state index is -0.166. The summed E-state index contributed by atoms with van der Waals surface area (Å²) in [6.45, 7) is 9.29. The van der Waals surface area contributed by atoms with Crippen LogP contribution in [0.1, 0.15) is 43.5 Å². The van der Waals surface area contributed by atoms with Crippen LogP contribution in [0.25, 0.3) is 5.52 Å². The molecule has 7 heteroatoms. The molecule has 0 radical (unpaired) electrons. The number of pyridine rings is 1. The molecule has 1 fully saturated rings. The lowest BCUT2D eigenvalue weighted by Gasteiger charge is -2.34. The summed E-state index contributed by atoms with van der Waals surface area (Å²) in [5, 5.41) is 0. The zero-order chi connectivity index (χ0) is 20.5. The van der Waals surface area contributed by atoms with Crippen LogP contribution in [0.2, 0.25) is 0 Å². The van der Waals surface area contributed by atoms with Crippen molar-refractivity contribution in [3.63, 3.8) is 0 Å². The maximum absolute atomic E-state index is 13.2. The van der Waals surface area contributed by atoms with Crippen molar-refractivity contribution < 1.29 is 9.59 Å². The molecule has 0 spiro atoms. The van der Waals surface area contributed by atoms with Gasteiger partial charge in [-0.1, -0.05) is 26.8 Å². The monoisotopic (exact) mass is 385 g/mol. The number of fused-ring (bicyclic) bond motifs is 1. The van der Waals surface area contributed by atoms with Crippen molar-refractivity contribution in [1.29, 1.82) is 0 Å². The Kier molecular flexibility index (Phi) is 5.74. The molecule has 3 rings (SSSR count). The number of carbonyl (C=O) groups excluding carboxylic acids is 2. The van der Waals surface area contributed by atoms with E-state index in [9.17, 15) is 9.59 Å². The van der Waals surface area contributed by atoms with Crippen molar-refractivity contribution in [2.24, 2.45) is 0 Å². The SMILES string of the molecule is CN(C)CCC(=O)N1CCN(C(=O)c2nc(C(C)(C)C)n3ccccc23)CC1. The van der Waals surface area contributed by atoms with Crippen LogP contribution in [0, 0.1) is 0 Å². The zero-order valence-electron chi connectivity index (χ0n) is 17.6. The van der Waals surface area contributed by atoms with Crippen molar-refractivity contribution in [1.82, 2.24) is 24.1 Å². The van der Waals surface area contributed by atoms with Gasteiger partial charge < -0.3 is 19.1 Å². The minimum Gasteiger partial charge on any atom is -0.339 e. The Morgan fingerprint density at radius 3 is 2.32 bits per heavy atom. The number of piperazine rings is 1. The van der Waals surface area contributed by atoms with E-state index in [2.05, 4.69) is 20.8 Å². The Hall–Kier alpha value is -2.41. The average Bonchev–Trinajstić information content (AvgIpc) is 3.05. The molecule has 0 bridgehead atoms. The van der Waals surface area contributed by atoms with Crippen molar-refractivity contribution in [2.45, 2.75) is 32.6 Å². The molecule has 1 aliphatic rings. The van der Waals surface area contributed by atoms with Crippen LogP contribution in [0.15, 0.2) is 24.4 Å². The van der Waals surface area contributed by atoms with Gasteiger partial charge in [-0.15, -0.1) is 0 Å². The lowest BCUT2D eigenvalue weighted by molar-refractivity contribution is -0.132. The summed E-state index contributed by atoms with van der Waals surface area (Å²) in [6, 6.07) is 5.83. The minimum absolute atomic E-state index is 0.0559. The van der Waals surface area contributed by atoms with Crippen molar-refractivity contribution in [2.75, 3.05) is 46.8 Å². The van der Waals surface area contributed by atoms with E-state index in [0.29, 0.717) is 38.3 Å². The summed E-state index contributed by atoms with van der Waals surface area (Å²) in [5.41, 5.74) is 1.17. The van der Waals surface area contributed by atoms with Gasteiger partial charge in [0.15, 0.2) is 5.69 Å². The van der Waals surface area contributed by atoms with Gasteiger partial charge in [0.25, 0.3) is 5.91 Å². The van der Waals surface area contributed by atoms with Crippen LogP contribution in [0.4, 0.5) is 0 Å². The van der Waals surface area contributed by atoms with E-state index in [1.165, 1.54) is 0 Å². The predicted molar refractivity (Wildman–Crippen MR) is 110 cm³/mol. The van der Waals surface area contributed by atoms with Gasteiger partial charge in [-0.2, -0.15) is 0 Å². The molecule has 0 unspecified atom stereocenters. The summed E-state index contributed by atoms with van der Waals surface area (Å²) in [7, 11) is 3.93. The first kappa shape index (κ1) is 20.3. The number of aromatic nitrogens is 2. The second-order valence-corrected chi connectivity index (χ2v) is 8.72. The molecular formula is C21H31N5O2. The van der Waals surface area contributed by atoms with Gasteiger partial charge in [0, 0.05) is 50.8 Å². The Balaban J connectivity index is 1.73. The number of rotatable bonds is 4. The molecule has 2 aromatic heterocycles. The van der Waals surface area contributed by atoms with Gasteiger partial charge in [0.1, 0.15) is 5.82 Å². The molecular weight excluding hydrogens is 354 g/mol. The van der Waals surface area contributed by atoms with E-state index in [0.717, 1.165) is 17.9 Å². The number of hydrogen-bond acceptors (Lipinski definition) is 4. The van der Waals surface area contributed by atoms with Crippen LogP contribution in [0.3, 0.4) is 0 Å². The lowest BCUT2D eigenvalue weighted by atomic mass is 9.96. The van der Waals surface area contributed by atoms with E-state index in [1.807, 2.05) is 57.6 Å². The lowest BCUT2D eigenvalue weighted by Crippen LogP contribution is -2.51. The molecule has 28 heavy (non-hydrogen) atoms. The van der Waals surface area contributed by atoms with E-state index >= 15 is 0 Å². The highest BCUT2D eigenvalue weighted by Crippen LogP contribution is 2.25. The van der Waals surface area contributed by atoms with Crippen LogP contribution in [-0.2, 0) is 10.2 Å². The number of imidazole rings is 1. The molecule has 0 aliphatic carbocycles. The molecule has 1 aliphatic heterocycles. The molecule has 2 aromatic rings. The highest BCUT2D eigenvalue weighted by Gasteiger charge is 2.30. The summed E-state index contributed by atoms with van der Waals surface area (Å²) in [6.07, 6.45) is 2.47. The molecule has 0 atom stereocenters. The van der Waals surface area contributed by atoms with Gasteiger partial charge in [-0.25, -0.2) is 4.98 Å². The highest BCUT2D eigenvalue weighted by atomic mass is 16.2. The molecule has 2 amide bonds. The Bertz CT molecular complexity index is 857. The zero-order valence-corrected chi connectivity index (χ0v) is 17.6. The van der Waals surface area contributed by atoms with Crippen LogP contribution < -0.4 is 0 Å². The van der Waals surface area contributed by atoms with Crippen molar-refractivity contribution in [3.05, 3.63) is 35.9 Å². The second-order valence-electron chi connectivity index (χ2n) is 8.72. The van der Waals surface area contributed by atoms with E-state index < -0.39 is 0 Å². The first-order chi connectivity index (χ1) is 13.2. The number of hydrogen-bond donors (Lipinski definition) is 0. The predicted octanol–water partition coefficient (Wildman–Crippen LogP) is 1.87. The van der Waals surface area contributed by atoms with Gasteiger partial charge in [0.2, 0.25) is 5.91 Å². The third kappa shape index (κ3) is 4.19. The number of carbonyl (C=O) groups is 2. The first-order valence-electron chi connectivity index (χ1n) is 9.88. The highest BCUT2D eigenvalue weighted by molar-refractivity contribution is 5.99. The van der Waals surface area contributed by atoms with E-state index in [1.54, 1.807) is 0 Å². The van der Waals surface area contributed by atoms with E-state index in [-0.39, 0.29) is 17.2 Å². The average molecular weight is 386 g/mol. The summed E-state index contributed by atoms with van der Waals surface area (Å²) in [4.78, 5) is 35.9. The molecule has 7 nitrogen and oxygen atoms in total. The smallest absolute Gasteiger partial charge is 0.274 e. The third-order valence-corrected chi connectivity index (χ3v) is 5.11.